The summed E-state index contributed by atoms with van der Waals surface area (Å²) < 4.78 is 31.2. The Morgan fingerprint density at radius 1 is 0.926 bits per heavy atom. The molecule has 1 aliphatic rings. The fraction of sp³-hybridized carbons (Fsp3) is 0.425. The first-order chi connectivity index (χ1) is 25.7. The van der Waals surface area contributed by atoms with Gasteiger partial charge in [-0.2, -0.15) is 0 Å². The van der Waals surface area contributed by atoms with Crippen LogP contribution < -0.4 is 16.4 Å². The van der Waals surface area contributed by atoms with Crippen LogP contribution >= 0.6 is 0 Å². The smallest absolute Gasteiger partial charge is 0.253 e. The van der Waals surface area contributed by atoms with Gasteiger partial charge in [-0.05, 0) is 54.5 Å². The molecule has 290 valence electrons. The van der Waals surface area contributed by atoms with Gasteiger partial charge in [0.25, 0.3) is 11.8 Å². The fourth-order valence-corrected chi connectivity index (χ4v) is 6.50. The van der Waals surface area contributed by atoms with E-state index in [0.717, 1.165) is 23.8 Å². The van der Waals surface area contributed by atoms with Crippen LogP contribution in [0.25, 0.3) is 11.1 Å². The van der Waals surface area contributed by atoms with Gasteiger partial charge < -0.3 is 30.9 Å². The zero-order chi connectivity index (χ0) is 39.4. The van der Waals surface area contributed by atoms with E-state index in [1.54, 1.807) is 12.3 Å². The van der Waals surface area contributed by atoms with Gasteiger partial charge in [-0.15, -0.1) is 0 Å². The molecule has 14 heteroatoms. The Hall–Kier alpha value is -5.21. The molecule has 2 atom stereocenters. The summed E-state index contributed by atoms with van der Waals surface area (Å²) in [4.78, 5) is 64.5. The number of halogens is 2. The van der Waals surface area contributed by atoms with Crippen molar-refractivity contribution in [2.75, 3.05) is 32.8 Å². The number of hydrogen-bond donors (Lipinski definition) is 4. The molecule has 12 nitrogen and oxygen atoms in total. The Morgan fingerprint density at radius 3 is 2.28 bits per heavy atom. The second-order valence-corrected chi connectivity index (χ2v) is 14.4. The molecule has 0 saturated heterocycles. The summed E-state index contributed by atoms with van der Waals surface area (Å²) >= 11 is 0. The van der Waals surface area contributed by atoms with E-state index in [9.17, 15) is 33.5 Å². The lowest BCUT2D eigenvalue weighted by atomic mass is 9.82. The molecule has 0 aliphatic carbocycles. The van der Waals surface area contributed by atoms with Gasteiger partial charge in [0.05, 0.1) is 12.1 Å². The first kappa shape index (κ1) is 41.5. The van der Waals surface area contributed by atoms with Crippen LogP contribution in [0, 0.1) is 17.0 Å². The molecule has 0 bridgehead atoms. The summed E-state index contributed by atoms with van der Waals surface area (Å²) in [5, 5.41) is 15.5. The molecule has 0 radical (unpaired) electrons. The van der Waals surface area contributed by atoms with Crippen molar-refractivity contribution in [3.05, 3.63) is 95.8 Å². The van der Waals surface area contributed by atoms with Crippen molar-refractivity contribution in [3.63, 3.8) is 0 Å². The average molecular weight is 749 g/mol. The quantitative estimate of drug-likeness (QED) is 0.107. The topological polar surface area (TPSA) is 167 Å². The summed E-state index contributed by atoms with van der Waals surface area (Å²) in [6, 6.07) is 12.8. The number of aliphatic hydroxyl groups is 1. The molecule has 3 aromatic rings. The highest BCUT2D eigenvalue weighted by atomic mass is 19.1. The number of imide groups is 1. The number of amides is 5. The molecule has 0 fully saturated rings. The highest BCUT2D eigenvalue weighted by molar-refractivity contribution is 6.12. The molecule has 2 heterocycles. The molecular formula is C40H50F2N6O6. The summed E-state index contributed by atoms with van der Waals surface area (Å²) in [7, 11) is 0. The predicted molar refractivity (Wildman–Crippen MR) is 199 cm³/mol. The van der Waals surface area contributed by atoms with E-state index >= 15 is 4.39 Å². The number of rotatable bonds is 19. The molecule has 5 amide bonds. The van der Waals surface area contributed by atoms with E-state index in [2.05, 4.69) is 10.6 Å². The maximum atomic E-state index is 15.0. The van der Waals surface area contributed by atoms with E-state index < -0.39 is 47.6 Å². The van der Waals surface area contributed by atoms with Crippen LogP contribution in [0.4, 0.5) is 8.78 Å². The third kappa shape index (κ3) is 11.4. The minimum absolute atomic E-state index is 0.00339. The number of unbranched alkanes of at least 4 members (excludes halogenated alkanes) is 2. The third-order valence-corrected chi connectivity index (χ3v) is 9.18. The second-order valence-electron chi connectivity index (χ2n) is 14.4. The number of carbonyl (C=O) groups is 5. The monoisotopic (exact) mass is 748 g/mol. The van der Waals surface area contributed by atoms with E-state index in [1.165, 1.54) is 22.0 Å². The third-order valence-electron chi connectivity index (χ3n) is 9.18. The lowest BCUT2D eigenvalue weighted by Crippen LogP contribution is -2.48. The maximum Gasteiger partial charge on any atom is 0.253 e. The van der Waals surface area contributed by atoms with Crippen molar-refractivity contribution in [1.82, 2.24) is 25.0 Å². The first-order valence-electron chi connectivity index (χ1n) is 18.1. The number of carbonyl (C=O) groups excluding carboxylic acids is 5. The van der Waals surface area contributed by atoms with Gasteiger partial charge in [0.2, 0.25) is 17.7 Å². The molecule has 1 aliphatic heterocycles. The van der Waals surface area contributed by atoms with Crippen LogP contribution in [-0.4, -0.2) is 87.8 Å². The van der Waals surface area contributed by atoms with Crippen molar-refractivity contribution in [2.24, 2.45) is 11.1 Å². The van der Waals surface area contributed by atoms with E-state index in [0.29, 0.717) is 43.6 Å². The van der Waals surface area contributed by atoms with Gasteiger partial charge in [0.1, 0.15) is 18.2 Å². The standard InChI is InChI=1S/C40H50F2N6O6/c1-40(2,3)38(33-22-28(30-23-29(41)13-14-31(30)42)25-46(33)24-27-10-6-4-7-11-27)48(37(53)26-49)21-17-32(43)39(54)45-19-18-44-34(50)12-8-5-9-20-47-35(51)15-16-36(47)52/h4,6-7,10-11,13-16,22-23,25,32,38,49H,5,8-9,12,17-21,24,26,43H2,1-3H3,(H,44,50)(H,45,54)/t32-,38?/m0/s1. The summed E-state index contributed by atoms with van der Waals surface area (Å²) in [6.07, 6.45) is 6.33. The van der Waals surface area contributed by atoms with Crippen LogP contribution in [0.5, 0.6) is 0 Å². The van der Waals surface area contributed by atoms with Gasteiger partial charge in [0, 0.05) is 74.3 Å². The molecule has 4 rings (SSSR count). The summed E-state index contributed by atoms with van der Waals surface area (Å²) in [5.74, 6) is -3.13. The van der Waals surface area contributed by atoms with Crippen molar-refractivity contribution < 1.29 is 37.9 Å². The van der Waals surface area contributed by atoms with E-state index in [1.807, 2.05) is 55.7 Å². The number of hydrogen-bond acceptors (Lipinski definition) is 7. The SMILES string of the molecule is CC(C)(C)C(c1cc(-c2cc(F)ccc2F)cn1Cc1ccccc1)N(CC[C@H](N)C(=O)NCCNC(=O)CCCCCN1C(=O)C=CC1=O)C(=O)CO. The molecular weight excluding hydrogens is 698 g/mol. The predicted octanol–water partition coefficient (Wildman–Crippen LogP) is 3.82. The second kappa shape index (κ2) is 19.2. The van der Waals surface area contributed by atoms with Gasteiger partial charge in [-0.1, -0.05) is 57.5 Å². The first-order valence-corrected chi connectivity index (χ1v) is 18.1. The van der Waals surface area contributed by atoms with E-state index in [4.69, 9.17) is 5.73 Å². The van der Waals surface area contributed by atoms with Crippen molar-refractivity contribution in [3.8, 4) is 11.1 Å². The zero-order valence-electron chi connectivity index (χ0n) is 31.0. The summed E-state index contributed by atoms with van der Waals surface area (Å²) in [5.41, 5.74) is 7.66. The number of benzene rings is 2. The van der Waals surface area contributed by atoms with Crippen molar-refractivity contribution >= 4 is 29.5 Å². The lowest BCUT2D eigenvalue weighted by molar-refractivity contribution is -0.140. The number of nitrogens with one attached hydrogen (secondary N) is 2. The Kier molecular flexibility index (Phi) is 14.8. The van der Waals surface area contributed by atoms with Crippen molar-refractivity contribution in [1.29, 1.82) is 0 Å². The maximum absolute atomic E-state index is 15.0. The van der Waals surface area contributed by atoms with Crippen LogP contribution in [0.2, 0.25) is 0 Å². The molecule has 2 aromatic carbocycles. The van der Waals surface area contributed by atoms with Crippen LogP contribution in [0.1, 0.15) is 70.2 Å². The number of nitrogens with two attached hydrogens (primary N) is 1. The lowest BCUT2D eigenvalue weighted by Gasteiger charge is -2.41. The van der Waals surface area contributed by atoms with Crippen molar-refractivity contribution in [2.45, 2.75) is 71.5 Å². The van der Waals surface area contributed by atoms with Crippen LogP contribution in [-0.2, 0) is 30.5 Å². The zero-order valence-corrected chi connectivity index (χ0v) is 31.0. The normalized spacial score (nSPS) is 13.9. The Labute approximate surface area is 314 Å². The van der Waals surface area contributed by atoms with E-state index in [-0.39, 0.29) is 55.8 Å². The Balaban J connectivity index is 1.37. The van der Waals surface area contributed by atoms with Gasteiger partial charge in [-0.25, -0.2) is 8.78 Å². The molecule has 0 spiro atoms. The fourth-order valence-electron chi connectivity index (χ4n) is 6.50. The number of aliphatic hydroxyl groups excluding tert-OH is 1. The average Bonchev–Trinajstić information content (AvgIpc) is 3.69. The summed E-state index contributed by atoms with van der Waals surface area (Å²) in [6.45, 7) is 5.95. The molecule has 0 saturated carbocycles. The highest BCUT2D eigenvalue weighted by Gasteiger charge is 2.37. The molecule has 1 unspecified atom stereocenters. The molecule has 54 heavy (non-hydrogen) atoms. The van der Waals surface area contributed by atoms with Crippen LogP contribution in [0.3, 0.4) is 0 Å². The van der Waals surface area contributed by atoms with Gasteiger partial charge in [-0.3, -0.25) is 28.9 Å². The van der Waals surface area contributed by atoms with Crippen LogP contribution in [0.15, 0.2) is 72.9 Å². The highest BCUT2D eigenvalue weighted by Crippen LogP contribution is 2.41. The molecule has 5 N–H and O–H groups in total. The number of aromatic nitrogens is 1. The Morgan fingerprint density at radius 2 is 1.61 bits per heavy atom. The minimum Gasteiger partial charge on any atom is -0.387 e. The Bertz CT molecular complexity index is 1800. The van der Waals surface area contributed by atoms with Gasteiger partial charge in [0.15, 0.2) is 0 Å². The largest absolute Gasteiger partial charge is 0.387 e. The minimum atomic E-state index is -1.02. The van der Waals surface area contributed by atoms with Gasteiger partial charge >= 0.3 is 0 Å². The number of nitrogens with zero attached hydrogens (tertiary/aromatic N) is 3. The molecule has 1 aromatic heterocycles.